The van der Waals surface area contributed by atoms with E-state index in [-0.39, 0.29) is 6.04 Å². The van der Waals surface area contributed by atoms with E-state index in [0.717, 1.165) is 12.0 Å². The Morgan fingerprint density at radius 2 is 2.50 bits per heavy atom. The van der Waals surface area contributed by atoms with E-state index in [1.807, 2.05) is 6.92 Å². The van der Waals surface area contributed by atoms with Crippen molar-refractivity contribution in [1.29, 1.82) is 0 Å². The second-order valence-electron chi connectivity index (χ2n) is 2.20. The van der Waals surface area contributed by atoms with Crippen molar-refractivity contribution in [3.8, 4) is 0 Å². The van der Waals surface area contributed by atoms with Gasteiger partial charge in [0, 0.05) is 17.7 Å². The Balaban J connectivity index is 2.74. The monoisotopic (exact) mass is 159 g/mol. The van der Waals surface area contributed by atoms with Crippen LogP contribution in [0.5, 0.6) is 0 Å². The normalized spacial score (nSPS) is 13.5. The fourth-order valence-corrected chi connectivity index (χ4v) is 0.924. The number of hydrogen-bond donors (Lipinski definition) is 1. The SMILES string of the molecule is CC[C@@H](N)c1coc(Cl)c1. The molecule has 1 rings (SSSR count). The van der Waals surface area contributed by atoms with Crippen LogP contribution in [0.4, 0.5) is 0 Å². The van der Waals surface area contributed by atoms with E-state index in [1.54, 1.807) is 12.3 Å². The van der Waals surface area contributed by atoms with Crippen molar-refractivity contribution < 1.29 is 4.42 Å². The molecule has 1 aromatic heterocycles. The maximum Gasteiger partial charge on any atom is 0.193 e. The Labute approximate surface area is 65.0 Å². The predicted octanol–water partition coefficient (Wildman–Crippen LogP) is 2.34. The first-order valence-corrected chi connectivity index (χ1v) is 3.61. The van der Waals surface area contributed by atoms with Gasteiger partial charge in [-0.25, -0.2) is 0 Å². The third-order valence-electron chi connectivity index (χ3n) is 1.46. The minimum atomic E-state index is 0.0521. The lowest BCUT2D eigenvalue weighted by molar-refractivity contribution is 0.559. The van der Waals surface area contributed by atoms with Gasteiger partial charge < -0.3 is 10.2 Å². The highest BCUT2D eigenvalue weighted by atomic mass is 35.5. The molecule has 1 aromatic rings. The van der Waals surface area contributed by atoms with Gasteiger partial charge in [0.2, 0.25) is 0 Å². The van der Waals surface area contributed by atoms with E-state index in [2.05, 4.69) is 0 Å². The molecule has 56 valence electrons. The van der Waals surface area contributed by atoms with E-state index in [9.17, 15) is 0 Å². The average Bonchev–Trinajstić information content (AvgIpc) is 2.34. The topological polar surface area (TPSA) is 39.2 Å². The van der Waals surface area contributed by atoms with Crippen LogP contribution in [0, 0.1) is 0 Å². The number of hydrogen-bond acceptors (Lipinski definition) is 2. The first-order chi connectivity index (χ1) is 4.74. The zero-order valence-electron chi connectivity index (χ0n) is 5.80. The van der Waals surface area contributed by atoms with Gasteiger partial charge in [0.1, 0.15) is 0 Å². The van der Waals surface area contributed by atoms with Crippen LogP contribution in [0.1, 0.15) is 24.9 Å². The molecule has 0 aliphatic heterocycles. The van der Waals surface area contributed by atoms with Crippen molar-refractivity contribution in [3.05, 3.63) is 23.1 Å². The highest BCUT2D eigenvalue weighted by molar-refractivity contribution is 6.28. The second kappa shape index (κ2) is 3.08. The van der Waals surface area contributed by atoms with Crippen LogP contribution in [-0.4, -0.2) is 0 Å². The van der Waals surface area contributed by atoms with Crippen molar-refractivity contribution >= 4 is 11.6 Å². The zero-order valence-corrected chi connectivity index (χ0v) is 6.56. The van der Waals surface area contributed by atoms with Crippen LogP contribution >= 0.6 is 11.6 Å². The van der Waals surface area contributed by atoms with E-state index in [0.29, 0.717) is 5.22 Å². The molecule has 0 aromatic carbocycles. The van der Waals surface area contributed by atoms with Crippen LogP contribution in [0.2, 0.25) is 5.22 Å². The predicted molar refractivity (Wildman–Crippen MR) is 40.9 cm³/mol. The smallest absolute Gasteiger partial charge is 0.193 e. The molecule has 2 N–H and O–H groups in total. The van der Waals surface area contributed by atoms with Gasteiger partial charge >= 0.3 is 0 Å². The van der Waals surface area contributed by atoms with E-state index >= 15 is 0 Å². The van der Waals surface area contributed by atoms with Crippen molar-refractivity contribution in [3.63, 3.8) is 0 Å². The van der Waals surface area contributed by atoms with Crippen molar-refractivity contribution in [2.24, 2.45) is 5.73 Å². The highest BCUT2D eigenvalue weighted by Gasteiger charge is 2.05. The van der Waals surface area contributed by atoms with Crippen LogP contribution in [0.25, 0.3) is 0 Å². The minimum Gasteiger partial charge on any atom is -0.453 e. The fraction of sp³-hybridized carbons (Fsp3) is 0.429. The molecule has 0 bridgehead atoms. The zero-order chi connectivity index (χ0) is 7.56. The molecule has 3 heteroatoms. The van der Waals surface area contributed by atoms with Gasteiger partial charge in [-0.3, -0.25) is 0 Å². The standard InChI is InChI=1S/C7H10ClNO/c1-2-6(9)5-3-7(8)10-4-5/h3-4,6H,2,9H2,1H3/t6-/m1/s1. The third-order valence-corrected chi connectivity index (χ3v) is 1.65. The van der Waals surface area contributed by atoms with Crippen LogP contribution < -0.4 is 5.73 Å². The summed E-state index contributed by atoms with van der Waals surface area (Å²) in [6, 6.07) is 1.80. The summed E-state index contributed by atoms with van der Waals surface area (Å²) in [5.41, 5.74) is 6.65. The summed E-state index contributed by atoms with van der Waals surface area (Å²) >= 11 is 5.54. The Bertz CT molecular complexity index is 209. The summed E-state index contributed by atoms with van der Waals surface area (Å²) in [6.07, 6.45) is 2.49. The van der Waals surface area contributed by atoms with Gasteiger partial charge in [-0.15, -0.1) is 0 Å². The number of furan rings is 1. The molecule has 2 nitrogen and oxygen atoms in total. The molecule has 0 radical (unpaired) electrons. The Morgan fingerprint density at radius 3 is 2.90 bits per heavy atom. The van der Waals surface area contributed by atoms with E-state index in [1.165, 1.54) is 0 Å². The molecule has 0 amide bonds. The summed E-state index contributed by atoms with van der Waals surface area (Å²) in [5, 5.41) is 0.402. The van der Waals surface area contributed by atoms with Gasteiger partial charge in [-0.05, 0) is 18.0 Å². The van der Waals surface area contributed by atoms with E-state index in [4.69, 9.17) is 21.8 Å². The molecule has 10 heavy (non-hydrogen) atoms. The van der Waals surface area contributed by atoms with Crippen LogP contribution in [0.15, 0.2) is 16.7 Å². The average molecular weight is 160 g/mol. The molecular formula is C7H10ClNO. The molecule has 0 saturated heterocycles. The van der Waals surface area contributed by atoms with E-state index < -0.39 is 0 Å². The number of rotatable bonds is 2. The largest absolute Gasteiger partial charge is 0.453 e. The molecule has 1 heterocycles. The minimum absolute atomic E-state index is 0.0521. The number of nitrogens with two attached hydrogens (primary N) is 1. The molecule has 1 atom stereocenters. The molecule has 0 spiro atoms. The van der Waals surface area contributed by atoms with Gasteiger partial charge in [0.25, 0.3) is 0 Å². The lowest BCUT2D eigenvalue weighted by Gasteiger charge is -2.02. The van der Waals surface area contributed by atoms with Gasteiger partial charge in [0.15, 0.2) is 5.22 Å². The van der Waals surface area contributed by atoms with Gasteiger partial charge in [0.05, 0.1) is 6.26 Å². The molecule has 0 aliphatic carbocycles. The van der Waals surface area contributed by atoms with Gasteiger partial charge in [-0.1, -0.05) is 6.92 Å². The van der Waals surface area contributed by atoms with Crippen LogP contribution in [-0.2, 0) is 0 Å². The molecule has 0 fully saturated rings. The molecular weight excluding hydrogens is 150 g/mol. The second-order valence-corrected chi connectivity index (χ2v) is 2.57. The fourth-order valence-electron chi connectivity index (χ4n) is 0.754. The first kappa shape index (κ1) is 7.63. The Hall–Kier alpha value is -0.470. The molecule has 0 unspecified atom stereocenters. The number of halogens is 1. The lowest BCUT2D eigenvalue weighted by atomic mass is 10.1. The maximum atomic E-state index is 5.69. The molecule has 0 saturated carbocycles. The summed E-state index contributed by atoms with van der Waals surface area (Å²) in [4.78, 5) is 0. The van der Waals surface area contributed by atoms with Crippen molar-refractivity contribution in [2.75, 3.05) is 0 Å². The summed E-state index contributed by atoms with van der Waals surface area (Å²) in [6.45, 7) is 2.02. The lowest BCUT2D eigenvalue weighted by Crippen LogP contribution is -2.06. The quantitative estimate of drug-likeness (QED) is 0.720. The first-order valence-electron chi connectivity index (χ1n) is 3.23. The Kier molecular flexibility index (Phi) is 2.35. The van der Waals surface area contributed by atoms with Crippen LogP contribution in [0.3, 0.4) is 0 Å². The van der Waals surface area contributed by atoms with Crippen molar-refractivity contribution in [2.45, 2.75) is 19.4 Å². The van der Waals surface area contributed by atoms with Gasteiger partial charge in [-0.2, -0.15) is 0 Å². The van der Waals surface area contributed by atoms with Crippen molar-refractivity contribution in [1.82, 2.24) is 0 Å². The summed E-state index contributed by atoms with van der Waals surface area (Å²) in [7, 11) is 0. The third kappa shape index (κ3) is 1.52. The molecule has 0 aliphatic rings. The summed E-state index contributed by atoms with van der Waals surface area (Å²) < 4.78 is 4.87. The highest BCUT2D eigenvalue weighted by Crippen LogP contribution is 2.19. The Morgan fingerprint density at radius 1 is 1.80 bits per heavy atom. The maximum absolute atomic E-state index is 5.69. The summed E-state index contributed by atoms with van der Waals surface area (Å²) in [5.74, 6) is 0.